The summed E-state index contributed by atoms with van der Waals surface area (Å²) in [4.78, 5) is 0. The Bertz CT molecular complexity index is 3.90. The third-order valence-electron chi connectivity index (χ3n) is 0. The van der Waals surface area contributed by atoms with E-state index in [0.717, 1.165) is 0 Å². The van der Waals surface area contributed by atoms with Gasteiger partial charge >= 0.3 is 0 Å². The molecule has 0 amide bonds. The molecular weight excluding hydrogens is 445 g/mol. The molecule has 0 rings (SSSR count). The maximum absolute atomic E-state index is 0. The SMILES string of the molecule is [Co].[Co].[Co].[Co].[Co].[Sm]. The van der Waals surface area contributed by atoms with Gasteiger partial charge in [0, 0.05) is 124 Å². The Labute approximate surface area is 122 Å². The topological polar surface area (TPSA) is 0 Å². The van der Waals surface area contributed by atoms with Gasteiger partial charge in [-0.3, -0.25) is 0 Å². The largest absolute Gasteiger partial charge is 0 e. The van der Waals surface area contributed by atoms with Crippen LogP contribution in [-0.4, -0.2) is 0 Å². The summed E-state index contributed by atoms with van der Waals surface area (Å²) in [5, 5.41) is 0. The third kappa shape index (κ3) is 24.8. The van der Waals surface area contributed by atoms with Crippen molar-refractivity contribution >= 4 is 0 Å². The molecule has 51 valence electrons. The molecule has 0 aliphatic carbocycles. The minimum atomic E-state index is 0. The third-order valence-corrected chi connectivity index (χ3v) is 0. The van der Waals surface area contributed by atoms with E-state index in [1.54, 1.807) is 0 Å². The normalized spacial score (nSPS) is 0. The van der Waals surface area contributed by atoms with E-state index in [-0.39, 0.29) is 124 Å². The Morgan fingerprint density at radius 3 is 0.333 bits per heavy atom. The zero-order chi connectivity index (χ0) is 0. The average Bonchev–Trinajstić information content (AvgIpc) is 0. The first-order valence-corrected chi connectivity index (χ1v) is 0. The zero-order valence-electron chi connectivity index (χ0n) is 2.07. The van der Waals surface area contributed by atoms with Crippen LogP contribution in [0.3, 0.4) is 0 Å². The van der Waals surface area contributed by atoms with Gasteiger partial charge in [0.1, 0.15) is 0 Å². The molecule has 0 aliphatic heterocycles. The van der Waals surface area contributed by atoms with E-state index in [1.807, 2.05) is 0 Å². The van der Waals surface area contributed by atoms with E-state index in [2.05, 4.69) is 0 Å². The molecule has 0 atom stereocenters. The van der Waals surface area contributed by atoms with Gasteiger partial charge in [0.15, 0.2) is 0 Å². The van der Waals surface area contributed by atoms with Crippen molar-refractivity contribution in [2.24, 2.45) is 0 Å². The van der Waals surface area contributed by atoms with Gasteiger partial charge in [-0.2, -0.15) is 0 Å². The molecular formula is Co5Sm. The van der Waals surface area contributed by atoms with Crippen molar-refractivity contribution in [2.45, 2.75) is 0 Å². The van der Waals surface area contributed by atoms with Crippen LogP contribution in [0.5, 0.6) is 0 Å². The van der Waals surface area contributed by atoms with Crippen molar-refractivity contribution in [3.8, 4) is 0 Å². The van der Waals surface area contributed by atoms with Gasteiger partial charge in [-0.15, -0.1) is 0 Å². The second kappa shape index (κ2) is 36.7. The monoisotopic (exact) mass is 447 g/mol. The van der Waals surface area contributed by atoms with Crippen LogP contribution in [0.2, 0.25) is 0 Å². The first kappa shape index (κ1) is 51.8. The van der Waals surface area contributed by atoms with Gasteiger partial charge in [0.05, 0.1) is 0 Å². The maximum Gasteiger partial charge on any atom is 0 e. The fraction of sp³-hybridized carbons (Fsp3) is 0. The van der Waals surface area contributed by atoms with E-state index >= 15 is 0 Å². The molecule has 0 heterocycles. The summed E-state index contributed by atoms with van der Waals surface area (Å²) in [7, 11) is 0. The standard InChI is InChI=1S/5Co.Sm. The van der Waals surface area contributed by atoms with Gasteiger partial charge in [0.25, 0.3) is 0 Å². The molecule has 0 spiro atoms. The van der Waals surface area contributed by atoms with Crippen molar-refractivity contribution in [1.82, 2.24) is 0 Å². The van der Waals surface area contributed by atoms with Crippen molar-refractivity contribution in [2.75, 3.05) is 0 Å². The summed E-state index contributed by atoms with van der Waals surface area (Å²) in [5.41, 5.74) is 0. The van der Waals surface area contributed by atoms with Gasteiger partial charge in [-0.1, -0.05) is 0 Å². The molecule has 0 aliphatic rings. The van der Waals surface area contributed by atoms with Crippen LogP contribution in [-0.2, 0) is 83.9 Å². The molecule has 6 heteroatoms. The van der Waals surface area contributed by atoms with Crippen molar-refractivity contribution in [1.29, 1.82) is 0 Å². The molecule has 6 heavy (non-hydrogen) atoms. The Morgan fingerprint density at radius 1 is 0.333 bits per heavy atom. The van der Waals surface area contributed by atoms with Crippen LogP contribution in [0.25, 0.3) is 0 Å². The van der Waals surface area contributed by atoms with Crippen LogP contribution >= 0.6 is 0 Å². The van der Waals surface area contributed by atoms with Crippen LogP contribution in [0, 0.1) is 40.4 Å². The van der Waals surface area contributed by atoms with Crippen LogP contribution in [0.1, 0.15) is 0 Å². The molecule has 0 fully saturated rings. The molecule has 0 saturated carbocycles. The van der Waals surface area contributed by atoms with Crippen molar-refractivity contribution in [3.63, 3.8) is 0 Å². The second-order valence-electron chi connectivity index (χ2n) is 0. The van der Waals surface area contributed by atoms with Crippen LogP contribution in [0.15, 0.2) is 0 Å². The molecule has 0 aromatic heterocycles. The summed E-state index contributed by atoms with van der Waals surface area (Å²) in [5.74, 6) is 0. The van der Waals surface area contributed by atoms with E-state index in [0.29, 0.717) is 0 Å². The van der Waals surface area contributed by atoms with E-state index in [4.69, 9.17) is 0 Å². The molecule has 0 N–H and O–H groups in total. The average molecular weight is 445 g/mol. The first-order chi connectivity index (χ1) is 0. The maximum atomic E-state index is 0. The van der Waals surface area contributed by atoms with Gasteiger partial charge in [0.2, 0.25) is 0 Å². The second-order valence-corrected chi connectivity index (χ2v) is 0. The van der Waals surface area contributed by atoms with Gasteiger partial charge < -0.3 is 0 Å². The molecule has 0 saturated heterocycles. The summed E-state index contributed by atoms with van der Waals surface area (Å²) >= 11 is 0. The van der Waals surface area contributed by atoms with E-state index < -0.39 is 0 Å². The van der Waals surface area contributed by atoms with Crippen LogP contribution < -0.4 is 0 Å². The molecule has 5 radical (unpaired) electrons. The van der Waals surface area contributed by atoms with Crippen molar-refractivity contribution < 1.29 is 124 Å². The quantitative estimate of drug-likeness (QED) is 0.493. The predicted molar refractivity (Wildman–Crippen MR) is 0 cm³/mol. The summed E-state index contributed by atoms with van der Waals surface area (Å²) in [6.07, 6.45) is 0. The zero-order valence-corrected chi connectivity index (χ0v) is 9.90. The first-order valence-electron chi connectivity index (χ1n) is 0. The minimum Gasteiger partial charge on any atom is 0 e. The van der Waals surface area contributed by atoms with Crippen molar-refractivity contribution in [3.05, 3.63) is 0 Å². The van der Waals surface area contributed by atoms with Gasteiger partial charge in [-0.05, 0) is 0 Å². The molecule has 0 bridgehead atoms. The fourth-order valence-electron chi connectivity index (χ4n) is 0. The minimum absolute atomic E-state index is 0. The Balaban J connectivity index is 0. The number of hydrogen-bond donors (Lipinski definition) is 0. The summed E-state index contributed by atoms with van der Waals surface area (Å²) < 4.78 is 0. The number of hydrogen-bond acceptors (Lipinski definition) is 0. The van der Waals surface area contributed by atoms with E-state index in [9.17, 15) is 0 Å². The Morgan fingerprint density at radius 2 is 0.333 bits per heavy atom. The summed E-state index contributed by atoms with van der Waals surface area (Å²) in [6.45, 7) is 0. The molecule has 0 nitrogen and oxygen atoms in total. The molecule has 0 unspecified atom stereocenters. The van der Waals surface area contributed by atoms with E-state index in [1.165, 1.54) is 0 Å². The smallest absolute Gasteiger partial charge is 0 e. The molecule has 0 aromatic rings. The number of rotatable bonds is 0. The fourth-order valence-corrected chi connectivity index (χ4v) is 0. The van der Waals surface area contributed by atoms with Crippen LogP contribution in [0.4, 0.5) is 0 Å². The predicted octanol–water partition coefficient (Wildman–Crippen LogP) is -0.0125. The molecule has 0 aromatic carbocycles. The van der Waals surface area contributed by atoms with Gasteiger partial charge in [-0.25, -0.2) is 0 Å². The Kier molecular flexibility index (Phi) is 317. The summed E-state index contributed by atoms with van der Waals surface area (Å²) in [6, 6.07) is 0. The Hall–Kier alpha value is 3.87.